The molecular formula is C23H26N2O3. The highest BCUT2D eigenvalue weighted by Crippen LogP contribution is 2.32. The van der Waals surface area contributed by atoms with E-state index in [0.29, 0.717) is 17.9 Å². The number of amides is 3. The van der Waals surface area contributed by atoms with Gasteiger partial charge in [0.05, 0.1) is 6.54 Å². The first kappa shape index (κ1) is 19.8. The van der Waals surface area contributed by atoms with E-state index in [1.807, 2.05) is 49.4 Å². The number of nitrogens with zero attached hydrogens (tertiary/aromatic N) is 1. The van der Waals surface area contributed by atoms with E-state index in [-0.39, 0.29) is 18.2 Å². The number of urea groups is 1. The van der Waals surface area contributed by atoms with Crippen molar-refractivity contribution in [2.45, 2.75) is 45.1 Å². The molecule has 1 fully saturated rings. The molecule has 0 aliphatic carbocycles. The predicted octanol–water partition coefficient (Wildman–Crippen LogP) is 4.24. The molecule has 1 N–H and O–H groups in total. The Morgan fingerprint density at radius 3 is 2.25 bits per heavy atom. The molecule has 2 aromatic carbocycles. The number of carbonyl (C=O) groups excluding carboxylic acids is 3. The first-order chi connectivity index (χ1) is 13.4. The fourth-order valence-electron chi connectivity index (χ4n) is 3.60. The molecule has 0 unspecified atom stereocenters. The molecular weight excluding hydrogens is 352 g/mol. The number of ketones is 1. The van der Waals surface area contributed by atoms with Crippen LogP contribution in [-0.4, -0.2) is 29.2 Å². The SMILES string of the molecule is CC[C@@H](C)c1ccc(C(=O)CN2C(=O)N[C@@](CC)(c3ccccc3)C2=O)cc1. The Balaban J connectivity index is 1.80. The third kappa shape index (κ3) is 3.44. The van der Waals surface area contributed by atoms with E-state index in [4.69, 9.17) is 0 Å². The van der Waals surface area contributed by atoms with Crippen LogP contribution in [0.2, 0.25) is 0 Å². The summed E-state index contributed by atoms with van der Waals surface area (Å²) in [6, 6.07) is 16.1. The molecule has 0 spiro atoms. The highest BCUT2D eigenvalue weighted by atomic mass is 16.2. The van der Waals surface area contributed by atoms with E-state index in [1.165, 1.54) is 5.56 Å². The minimum absolute atomic E-state index is 0.251. The second kappa shape index (κ2) is 7.97. The standard InChI is InChI=1S/C23H26N2O3/c1-4-16(3)17-11-13-18(14-12-17)20(26)15-25-21(27)23(5-2,24-22(25)28)19-9-7-6-8-10-19/h6-14,16H,4-5,15H2,1-3H3,(H,24,28)/t16-,23+/m1/s1. The highest BCUT2D eigenvalue weighted by molar-refractivity contribution is 6.11. The largest absolute Gasteiger partial charge is 0.325 e. The average Bonchev–Trinajstić information content (AvgIpc) is 2.99. The first-order valence-corrected chi connectivity index (χ1v) is 9.75. The van der Waals surface area contributed by atoms with Crippen molar-refractivity contribution in [3.8, 4) is 0 Å². The Bertz CT molecular complexity index is 876. The number of rotatable bonds is 7. The van der Waals surface area contributed by atoms with Crippen LogP contribution in [-0.2, 0) is 10.3 Å². The molecule has 0 bridgehead atoms. The Morgan fingerprint density at radius 2 is 1.68 bits per heavy atom. The minimum atomic E-state index is -1.11. The van der Waals surface area contributed by atoms with Crippen molar-refractivity contribution in [3.05, 3.63) is 71.3 Å². The van der Waals surface area contributed by atoms with Gasteiger partial charge in [0.2, 0.25) is 0 Å². The Hall–Kier alpha value is -2.95. The van der Waals surface area contributed by atoms with Crippen LogP contribution in [0.5, 0.6) is 0 Å². The van der Waals surface area contributed by atoms with E-state index in [2.05, 4.69) is 19.2 Å². The maximum Gasteiger partial charge on any atom is 0.325 e. The van der Waals surface area contributed by atoms with Gasteiger partial charge in [-0.3, -0.25) is 14.5 Å². The molecule has 0 saturated carbocycles. The van der Waals surface area contributed by atoms with Crippen molar-refractivity contribution in [3.63, 3.8) is 0 Å². The van der Waals surface area contributed by atoms with Crippen LogP contribution in [0.4, 0.5) is 4.79 Å². The van der Waals surface area contributed by atoms with Crippen LogP contribution in [0, 0.1) is 0 Å². The molecule has 5 nitrogen and oxygen atoms in total. The van der Waals surface area contributed by atoms with Gasteiger partial charge >= 0.3 is 6.03 Å². The summed E-state index contributed by atoms with van der Waals surface area (Å²) in [6.07, 6.45) is 1.43. The molecule has 2 atom stereocenters. The maximum absolute atomic E-state index is 13.1. The zero-order valence-corrected chi connectivity index (χ0v) is 16.6. The van der Waals surface area contributed by atoms with Crippen molar-refractivity contribution < 1.29 is 14.4 Å². The zero-order chi connectivity index (χ0) is 20.3. The smallest absolute Gasteiger partial charge is 0.319 e. The number of benzene rings is 2. The van der Waals surface area contributed by atoms with E-state index >= 15 is 0 Å². The second-order valence-electron chi connectivity index (χ2n) is 7.30. The summed E-state index contributed by atoms with van der Waals surface area (Å²) >= 11 is 0. The van der Waals surface area contributed by atoms with Gasteiger partial charge in [0, 0.05) is 5.56 Å². The summed E-state index contributed by atoms with van der Waals surface area (Å²) in [4.78, 5) is 39.4. The van der Waals surface area contributed by atoms with E-state index in [9.17, 15) is 14.4 Å². The highest BCUT2D eigenvalue weighted by Gasteiger charge is 2.51. The summed E-state index contributed by atoms with van der Waals surface area (Å²) < 4.78 is 0. The Kier molecular flexibility index (Phi) is 5.63. The molecule has 5 heteroatoms. The first-order valence-electron chi connectivity index (χ1n) is 9.75. The van der Waals surface area contributed by atoms with Crippen LogP contribution < -0.4 is 5.32 Å². The summed E-state index contributed by atoms with van der Waals surface area (Å²) in [7, 11) is 0. The topological polar surface area (TPSA) is 66.5 Å². The van der Waals surface area contributed by atoms with E-state index < -0.39 is 11.6 Å². The number of Topliss-reactive ketones (excluding diaryl/α,β-unsaturated/α-hetero) is 1. The lowest BCUT2D eigenvalue weighted by Gasteiger charge is -2.25. The molecule has 1 saturated heterocycles. The number of hydrogen-bond donors (Lipinski definition) is 1. The van der Waals surface area contributed by atoms with Crippen LogP contribution in [0.15, 0.2) is 54.6 Å². The van der Waals surface area contributed by atoms with Crippen molar-refractivity contribution in [2.24, 2.45) is 0 Å². The number of imide groups is 1. The van der Waals surface area contributed by atoms with Gasteiger partial charge in [-0.05, 0) is 29.9 Å². The molecule has 28 heavy (non-hydrogen) atoms. The minimum Gasteiger partial charge on any atom is -0.319 e. The van der Waals surface area contributed by atoms with E-state index in [1.54, 1.807) is 12.1 Å². The molecule has 0 aromatic heterocycles. The molecule has 3 amide bonds. The molecule has 146 valence electrons. The maximum atomic E-state index is 13.1. The predicted molar refractivity (Wildman–Crippen MR) is 108 cm³/mol. The van der Waals surface area contributed by atoms with Gasteiger partial charge in [0.1, 0.15) is 5.54 Å². The number of carbonyl (C=O) groups is 3. The van der Waals surface area contributed by atoms with Crippen molar-refractivity contribution >= 4 is 17.7 Å². The van der Waals surface area contributed by atoms with Crippen LogP contribution in [0.25, 0.3) is 0 Å². The van der Waals surface area contributed by atoms with Crippen molar-refractivity contribution in [2.75, 3.05) is 6.54 Å². The normalized spacial score (nSPS) is 20.2. The fourth-order valence-corrected chi connectivity index (χ4v) is 3.60. The van der Waals surface area contributed by atoms with Crippen molar-refractivity contribution in [1.82, 2.24) is 10.2 Å². The lowest BCUT2D eigenvalue weighted by atomic mass is 9.87. The van der Waals surface area contributed by atoms with Crippen molar-refractivity contribution in [1.29, 1.82) is 0 Å². The molecule has 0 radical (unpaired) electrons. The van der Waals surface area contributed by atoms with Gasteiger partial charge in [0.25, 0.3) is 5.91 Å². The Morgan fingerprint density at radius 1 is 1.04 bits per heavy atom. The average molecular weight is 378 g/mol. The zero-order valence-electron chi connectivity index (χ0n) is 16.6. The number of hydrogen-bond acceptors (Lipinski definition) is 3. The monoisotopic (exact) mass is 378 g/mol. The van der Waals surface area contributed by atoms with E-state index in [0.717, 1.165) is 16.9 Å². The van der Waals surface area contributed by atoms with Gasteiger partial charge < -0.3 is 5.32 Å². The molecule has 2 aromatic rings. The quantitative estimate of drug-likeness (QED) is 0.579. The summed E-state index contributed by atoms with van der Waals surface area (Å²) in [5, 5.41) is 2.81. The summed E-state index contributed by atoms with van der Waals surface area (Å²) in [5.41, 5.74) is 1.28. The lowest BCUT2D eigenvalue weighted by molar-refractivity contribution is -0.131. The molecule has 1 aliphatic heterocycles. The van der Waals surface area contributed by atoms with Gasteiger partial charge in [-0.1, -0.05) is 75.4 Å². The van der Waals surface area contributed by atoms with Crippen LogP contribution in [0.3, 0.4) is 0 Å². The van der Waals surface area contributed by atoms with Crippen LogP contribution >= 0.6 is 0 Å². The molecule has 1 aliphatic rings. The molecule has 1 heterocycles. The summed E-state index contributed by atoms with van der Waals surface area (Å²) in [5.74, 6) is -0.207. The molecule has 3 rings (SSSR count). The second-order valence-corrected chi connectivity index (χ2v) is 7.30. The fraction of sp³-hybridized carbons (Fsp3) is 0.348. The lowest BCUT2D eigenvalue weighted by Crippen LogP contribution is -2.43. The van der Waals surface area contributed by atoms with Gasteiger partial charge in [-0.2, -0.15) is 0 Å². The summed E-state index contributed by atoms with van der Waals surface area (Å²) in [6.45, 7) is 5.85. The van der Waals surface area contributed by atoms with Crippen LogP contribution in [0.1, 0.15) is 61.0 Å². The van der Waals surface area contributed by atoms with Gasteiger partial charge in [-0.25, -0.2) is 4.79 Å². The third-order valence-corrected chi connectivity index (χ3v) is 5.69. The van der Waals surface area contributed by atoms with Gasteiger partial charge in [0.15, 0.2) is 5.78 Å². The van der Waals surface area contributed by atoms with Gasteiger partial charge in [-0.15, -0.1) is 0 Å². The number of nitrogens with one attached hydrogen (secondary N) is 1. The third-order valence-electron chi connectivity index (χ3n) is 5.69. The Labute approximate surface area is 165 Å².